The quantitative estimate of drug-likeness (QED) is 0.174. The zero-order valence-corrected chi connectivity index (χ0v) is 23.9. The van der Waals surface area contributed by atoms with Crippen molar-refractivity contribution in [1.82, 2.24) is 10.6 Å². The maximum atomic E-state index is 13.2. The zero-order valence-electron chi connectivity index (χ0n) is 23.2. The lowest BCUT2D eigenvalue weighted by molar-refractivity contribution is -0.137. The lowest BCUT2D eigenvalue weighted by Crippen LogP contribution is -2.40. The molecule has 0 spiro atoms. The van der Waals surface area contributed by atoms with Crippen molar-refractivity contribution in [1.29, 1.82) is 0 Å². The highest BCUT2D eigenvalue weighted by Gasteiger charge is 2.30. The first-order valence-electron chi connectivity index (χ1n) is 13.5. The van der Waals surface area contributed by atoms with Gasteiger partial charge in [-0.05, 0) is 59.0 Å². The molecule has 0 aliphatic carbocycles. The Kier molecular flexibility index (Phi) is 10.2. The molecule has 3 N–H and O–H groups in total. The Bertz CT molecular complexity index is 1590. The van der Waals surface area contributed by atoms with Gasteiger partial charge in [-0.2, -0.15) is 13.2 Å². The van der Waals surface area contributed by atoms with Crippen molar-refractivity contribution < 1.29 is 27.6 Å². The lowest BCUT2D eigenvalue weighted by atomic mass is 9.98. The maximum Gasteiger partial charge on any atom is 0.416 e. The fourth-order valence-electron chi connectivity index (χ4n) is 4.43. The summed E-state index contributed by atoms with van der Waals surface area (Å²) in [4.78, 5) is 38.5. The summed E-state index contributed by atoms with van der Waals surface area (Å²) >= 11 is 6.46. The van der Waals surface area contributed by atoms with E-state index >= 15 is 0 Å². The molecule has 0 aromatic heterocycles. The van der Waals surface area contributed by atoms with E-state index in [9.17, 15) is 27.6 Å². The Morgan fingerprint density at radius 1 is 0.860 bits per heavy atom. The molecule has 10 heteroatoms. The number of amides is 3. The van der Waals surface area contributed by atoms with E-state index in [0.717, 1.165) is 12.1 Å². The molecule has 4 rings (SSSR count). The second-order valence-corrected chi connectivity index (χ2v) is 10.2. The van der Waals surface area contributed by atoms with Gasteiger partial charge in [0.1, 0.15) is 6.04 Å². The second-order valence-electron chi connectivity index (χ2n) is 9.77. The van der Waals surface area contributed by atoms with Crippen molar-refractivity contribution in [3.05, 3.63) is 124 Å². The van der Waals surface area contributed by atoms with Crippen LogP contribution in [0.5, 0.6) is 0 Å². The van der Waals surface area contributed by atoms with Gasteiger partial charge in [-0.15, -0.1) is 0 Å². The van der Waals surface area contributed by atoms with E-state index in [-0.39, 0.29) is 28.9 Å². The van der Waals surface area contributed by atoms with Gasteiger partial charge in [0.05, 0.1) is 16.3 Å². The summed E-state index contributed by atoms with van der Waals surface area (Å²) in [6, 6.07) is 24.1. The lowest BCUT2D eigenvalue weighted by Gasteiger charge is -2.19. The van der Waals surface area contributed by atoms with Crippen molar-refractivity contribution in [3.8, 4) is 11.1 Å². The van der Waals surface area contributed by atoms with Crippen LogP contribution in [-0.2, 0) is 22.3 Å². The summed E-state index contributed by atoms with van der Waals surface area (Å²) < 4.78 is 39.0. The number of anilines is 1. The summed E-state index contributed by atoms with van der Waals surface area (Å²) in [6.45, 7) is 2.00. The minimum atomic E-state index is -4.46. The van der Waals surface area contributed by atoms with E-state index in [1.165, 1.54) is 12.1 Å². The molecule has 0 aliphatic heterocycles. The average Bonchev–Trinajstić information content (AvgIpc) is 3.00. The number of benzene rings is 4. The molecule has 0 radical (unpaired) electrons. The molecule has 0 saturated heterocycles. The monoisotopic (exact) mass is 607 g/mol. The van der Waals surface area contributed by atoms with Gasteiger partial charge in [0, 0.05) is 18.5 Å². The third-order valence-corrected chi connectivity index (χ3v) is 6.93. The molecular formula is C33H29ClF3N3O3. The van der Waals surface area contributed by atoms with Crippen LogP contribution in [0, 0.1) is 0 Å². The van der Waals surface area contributed by atoms with E-state index in [1.807, 2.05) is 13.0 Å². The minimum Gasteiger partial charge on any atom is -0.350 e. The second kappa shape index (κ2) is 14.0. The number of halogens is 4. The molecule has 0 saturated carbocycles. The topological polar surface area (TPSA) is 87.3 Å². The number of carbonyl (C=O) groups excluding carboxylic acids is 3. The van der Waals surface area contributed by atoms with Gasteiger partial charge in [-0.1, -0.05) is 85.3 Å². The van der Waals surface area contributed by atoms with Crippen LogP contribution >= 0.6 is 11.6 Å². The summed E-state index contributed by atoms with van der Waals surface area (Å²) in [5, 5.41) is 8.58. The van der Waals surface area contributed by atoms with E-state index in [1.54, 1.807) is 66.7 Å². The summed E-state index contributed by atoms with van der Waals surface area (Å²) in [7, 11) is 0. The number of hydrogen-bond acceptors (Lipinski definition) is 3. The third kappa shape index (κ3) is 8.23. The molecule has 43 heavy (non-hydrogen) atoms. The van der Waals surface area contributed by atoms with E-state index < -0.39 is 23.7 Å². The first kappa shape index (κ1) is 31.3. The molecule has 222 valence electrons. The standard InChI is InChI=1S/C33H29ClF3N3O3/c1-2-8-29(41)40-30(23-9-4-3-5-10-23)32(43)38-20-21-13-18-28(27(34)19-21)39-31(42)26-12-7-6-11-25(26)22-14-16-24(17-15-22)33(35,36)37/h3-7,9-19,30H,2,8,20H2,1H3,(H,38,43)(H,39,42)(H,40,41)/t30-/m0/s1. The Hall–Kier alpha value is -4.63. The third-order valence-electron chi connectivity index (χ3n) is 6.62. The zero-order chi connectivity index (χ0) is 31.0. The van der Waals surface area contributed by atoms with Gasteiger partial charge in [0.2, 0.25) is 11.8 Å². The molecule has 0 fully saturated rings. The Morgan fingerprint density at radius 2 is 1.53 bits per heavy atom. The van der Waals surface area contributed by atoms with Crippen molar-refractivity contribution in [2.24, 2.45) is 0 Å². The van der Waals surface area contributed by atoms with Crippen molar-refractivity contribution in [2.75, 3.05) is 5.32 Å². The van der Waals surface area contributed by atoms with E-state index in [4.69, 9.17) is 11.6 Å². The predicted octanol–water partition coefficient (Wildman–Crippen LogP) is 7.55. The summed E-state index contributed by atoms with van der Waals surface area (Å²) in [6.07, 6.45) is -3.51. The van der Waals surface area contributed by atoms with Gasteiger partial charge in [0.25, 0.3) is 5.91 Å². The van der Waals surface area contributed by atoms with Crippen molar-refractivity contribution >= 4 is 35.0 Å². The summed E-state index contributed by atoms with van der Waals surface area (Å²) in [5.41, 5.74) is 2.02. The minimum absolute atomic E-state index is 0.122. The van der Waals surface area contributed by atoms with Crippen LogP contribution in [-0.4, -0.2) is 17.7 Å². The fourth-order valence-corrected chi connectivity index (χ4v) is 4.68. The molecule has 4 aromatic rings. The van der Waals surface area contributed by atoms with Gasteiger partial charge < -0.3 is 16.0 Å². The van der Waals surface area contributed by atoms with Crippen molar-refractivity contribution in [2.45, 2.75) is 38.5 Å². The maximum absolute atomic E-state index is 13.2. The van der Waals surface area contributed by atoms with Gasteiger partial charge in [-0.25, -0.2) is 0 Å². The van der Waals surface area contributed by atoms with Gasteiger partial charge in [-0.3, -0.25) is 14.4 Å². The summed E-state index contributed by atoms with van der Waals surface area (Å²) in [5.74, 6) is -1.11. The van der Waals surface area contributed by atoms with E-state index in [2.05, 4.69) is 16.0 Å². The average molecular weight is 608 g/mol. The molecular weight excluding hydrogens is 579 g/mol. The molecule has 0 unspecified atom stereocenters. The number of alkyl halides is 3. The fraction of sp³-hybridized carbons (Fsp3) is 0.182. The smallest absolute Gasteiger partial charge is 0.350 e. The largest absolute Gasteiger partial charge is 0.416 e. The Balaban J connectivity index is 1.44. The van der Waals surface area contributed by atoms with Crippen molar-refractivity contribution in [3.63, 3.8) is 0 Å². The SMILES string of the molecule is CCCC(=O)N[C@H](C(=O)NCc1ccc(NC(=O)c2ccccc2-c2ccc(C(F)(F)F)cc2)c(Cl)c1)c1ccccc1. The molecule has 3 amide bonds. The van der Waals surface area contributed by atoms with Crippen LogP contribution in [0.25, 0.3) is 11.1 Å². The van der Waals surface area contributed by atoms with Crippen LogP contribution in [0.2, 0.25) is 5.02 Å². The predicted molar refractivity (Wildman–Crippen MR) is 160 cm³/mol. The molecule has 4 aromatic carbocycles. The van der Waals surface area contributed by atoms with Crippen LogP contribution in [0.15, 0.2) is 97.1 Å². The number of rotatable bonds is 10. The number of nitrogens with one attached hydrogen (secondary N) is 3. The molecule has 0 heterocycles. The molecule has 6 nitrogen and oxygen atoms in total. The van der Waals surface area contributed by atoms with Gasteiger partial charge in [0.15, 0.2) is 0 Å². The normalized spacial score (nSPS) is 11.8. The molecule has 0 bridgehead atoms. The van der Waals surface area contributed by atoms with Crippen LogP contribution in [0.1, 0.15) is 52.9 Å². The number of hydrogen-bond donors (Lipinski definition) is 3. The molecule has 0 aliphatic rings. The van der Waals surface area contributed by atoms with Gasteiger partial charge >= 0.3 is 6.18 Å². The van der Waals surface area contributed by atoms with E-state index in [0.29, 0.717) is 40.8 Å². The highest BCUT2D eigenvalue weighted by Crippen LogP contribution is 2.32. The Labute approximate surface area is 252 Å². The first-order valence-corrected chi connectivity index (χ1v) is 13.9. The molecule has 1 atom stereocenters. The Morgan fingerprint density at radius 3 is 2.19 bits per heavy atom. The first-order chi connectivity index (χ1) is 20.6. The highest BCUT2D eigenvalue weighted by molar-refractivity contribution is 6.34. The van der Waals surface area contributed by atoms with Crippen LogP contribution < -0.4 is 16.0 Å². The van der Waals surface area contributed by atoms with Crippen LogP contribution in [0.4, 0.5) is 18.9 Å². The van der Waals surface area contributed by atoms with Crippen LogP contribution in [0.3, 0.4) is 0 Å². The number of carbonyl (C=O) groups is 3. The highest BCUT2D eigenvalue weighted by atomic mass is 35.5.